The summed E-state index contributed by atoms with van der Waals surface area (Å²) in [7, 11) is 0. The lowest BCUT2D eigenvalue weighted by Crippen LogP contribution is -2.30. The van der Waals surface area contributed by atoms with E-state index in [1.807, 2.05) is 17.5 Å². The highest BCUT2D eigenvalue weighted by Gasteiger charge is 2.18. The molecule has 3 heterocycles. The van der Waals surface area contributed by atoms with Gasteiger partial charge < -0.3 is 10.4 Å². The highest BCUT2D eigenvalue weighted by molar-refractivity contribution is 7.13. The van der Waals surface area contributed by atoms with Gasteiger partial charge >= 0.3 is 5.97 Å². The van der Waals surface area contributed by atoms with Gasteiger partial charge in [0.15, 0.2) is 11.4 Å². The van der Waals surface area contributed by atoms with E-state index in [0.29, 0.717) is 10.9 Å². The van der Waals surface area contributed by atoms with Crippen LogP contribution in [0.25, 0.3) is 21.5 Å². The minimum Gasteiger partial charge on any atom is -0.505 e. The van der Waals surface area contributed by atoms with Crippen molar-refractivity contribution < 1.29 is 24.2 Å². The van der Waals surface area contributed by atoms with Crippen molar-refractivity contribution in [3.05, 3.63) is 41.5 Å². The SMILES string of the molecule is O=C(CNC(=O)c1ncc2nc(-c3cccs3)ccc2c1O)OF. The average molecular weight is 347 g/mol. The molecule has 0 bridgehead atoms. The second kappa shape index (κ2) is 6.59. The normalized spacial score (nSPS) is 10.5. The molecule has 0 saturated carbocycles. The van der Waals surface area contributed by atoms with Crippen molar-refractivity contribution in [3.63, 3.8) is 0 Å². The van der Waals surface area contributed by atoms with Crippen molar-refractivity contribution in [2.75, 3.05) is 6.54 Å². The molecule has 1 amide bonds. The van der Waals surface area contributed by atoms with Crippen LogP contribution in [0, 0.1) is 0 Å². The zero-order chi connectivity index (χ0) is 17.1. The molecule has 0 spiro atoms. The van der Waals surface area contributed by atoms with Crippen LogP contribution >= 0.6 is 11.3 Å². The Morgan fingerprint density at radius 3 is 2.88 bits per heavy atom. The largest absolute Gasteiger partial charge is 0.505 e. The third kappa shape index (κ3) is 3.01. The van der Waals surface area contributed by atoms with E-state index in [4.69, 9.17) is 0 Å². The molecule has 0 aromatic carbocycles. The van der Waals surface area contributed by atoms with Gasteiger partial charge in [0.2, 0.25) is 0 Å². The standard InChI is InChI=1S/C15H10FN3O4S/c16-23-12(20)7-18-15(22)13-14(21)8-3-4-9(11-2-1-5-24-11)19-10(8)6-17-13/h1-6,21H,7H2,(H,18,22). The fourth-order valence-corrected chi connectivity index (χ4v) is 2.77. The van der Waals surface area contributed by atoms with E-state index in [0.717, 1.165) is 10.6 Å². The second-order valence-electron chi connectivity index (χ2n) is 4.69. The summed E-state index contributed by atoms with van der Waals surface area (Å²) < 4.78 is 11.6. The number of fused-ring (bicyclic) bond motifs is 1. The number of pyridine rings is 2. The molecule has 122 valence electrons. The summed E-state index contributed by atoms with van der Waals surface area (Å²) in [6, 6.07) is 7.16. The zero-order valence-electron chi connectivity index (χ0n) is 12.0. The highest BCUT2D eigenvalue weighted by Crippen LogP contribution is 2.29. The topological polar surface area (TPSA) is 101 Å². The summed E-state index contributed by atoms with van der Waals surface area (Å²) in [4.78, 5) is 34.8. The molecule has 24 heavy (non-hydrogen) atoms. The monoisotopic (exact) mass is 347 g/mol. The van der Waals surface area contributed by atoms with Gasteiger partial charge in [-0.25, -0.2) is 14.8 Å². The molecule has 0 aliphatic rings. The van der Waals surface area contributed by atoms with Gasteiger partial charge in [0.1, 0.15) is 6.54 Å². The highest BCUT2D eigenvalue weighted by atomic mass is 32.1. The van der Waals surface area contributed by atoms with Crippen molar-refractivity contribution in [2.24, 2.45) is 0 Å². The molecular weight excluding hydrogens is 337 g/mol. The smallest absolute Gasteiger partial charge is 0.367 e. The van der Waals surface area contributed by atoms with E-state index >= 15 is 0 Å². The number of halogens is 1. The van der Waals surface area contributed by atoms with Crippen LogP contribution in [0.15, 0.2) is 35.8 Å². The molecule has 0 aliphatic carbocycles. The minimum atomic E-state index is -1.26. The Kier molecular flexibility index (Phi) is 4.34. The molecular formula is C15H10FN3O4S. The first-order valence-electron chi connectivity index (χ1n) is 6.72. The molecule has 3 rings (SSSR count). The predicted octanol–water partition coefficient (Wildman–Crippen LogP) is 2.22. The van der Waals surface area contributed by atoms with Crippen LogP contribution in [-0.2, 0) is 9.74 Å². The third-order valence-corrected chi connectivity index (χ3v) is 4.08. The number of amides is 1. The number of aromatic hydroxyl groups is 1. The maximum absolute atomic E-state index is 11.9. The van der Waals surface area contributed by atoms with Gasteiger partial charge in [-0.05, 0) is 23.6 Å². The van der Waals surface area contributed by atoms with Crippen LogP contribution in [-0.4, -0.2) is 33.5 Å². The average Bonchev–Trinajstić information content (AvgIpc) is 3.14. The maximum atomic E-state index is 11.9. The van der Waals surface area contributed by atoms with Gasteiger partial charge in [0.25, 0.3) is 5.91 Å². The Morgan fingerprint density at radius 2 is 2.17 bits per heavy atom. The molecule has 3 aromatic rings. The van der Waals surface area contributed by atoms with E-state index in [9.17, 15) is 19.2 Å². The number of rotatable bonds is 4. The molecule has 0 atom stereocenters. The lowest BCUT2D eigenvalue weighted by molar-refractivity contribution is -0.182. The number of hydrogen-bond donors (Lipinski definition) is 2. The lowest BCUT2D eigenvalue weighted by Gasteiger charge is -2.07. The minimum absolute atomic E-state index is 0.292. The summed E-state index contributed by atoms with van der Waals surface area (Å²) in [5.74, 6) is -2.46. The number of nitrogens with zero attached hydrogens (tertiary/aromatic N) is 2. The summed E-state index contributed by atoms with van der Waals surface area (Å²) in [5.41, 5.74) is 0.847. The van der Waals surface area contributed by atoms with Crippen molar-refractivity contribution in [1.29, 1.82) is 0 Å². The third-order valence-electron chi connectivity index (χ3n) is 3.19. The molecule has 0 fully saturated rings. The number of hydrogen-bond acceptors (Lipinski definition) is 7. The first-order chi connectivity index (χ1) is 11.6. The van der Waals surface area contributed by atoms with E-state index in [1.165, 1.54) is 17.5 Å². The molecule has 3 aromatic heterocycles. The van der Waals surface area contributed by atoms with Gasteiger partial charge in [-0.3, -0.25) is 9.74 Å². The number of thiophene rings is 1. The van der Waals surface area contributed by atoms with Crippen LogP contribution in [0.5, 0.6) is 5.75 Å². The molecule has 0 saturated heterocycles. The molecule has 0 aliphatic heterocycles. The number of aromatic nitrogens is 2. The molecule has 0 radical (unpaired) electrons. The molecule has 7 nitrogen and oxygen atoms in total. The number of carbonyl (C=O) groups excluding carboxylic acids is 2. The predicted molar refractivity (Wildman–Crippen MR) is 84.0 cm³/mol. The van der Waals surface area contributed by atoms with Gasteiger partial charge in [0, 0.05) is 9.91 Å². The van der Waals surface area contributed by atoms with Crippen molar-refractivity contribution in [3.8, 4) is 16.3 Å². The number of nitrogens with one attached hydrogen (secondary N) is 1. The van der Waals surface area contributed by atoms with E-state index < -0.39 is 18.4 Å². The first kappa shape index (κ1) is 15.8. The van der Waals surface area contributed by atoms with Crippen LogP contribution in [0.4, 0.5) is 4.53 Å². The Hall–Kier alpha value is -3.07. The number of carbonyl (C=O) groups is 2. The fraction of sp³-hybridized carbons (Fsp3) is 0.0667. The zero-order valence-corrected chi connectivity index (χ0v) is 12.8. The van der Waals surface area contributed by atoms with E-state index in [2.05, 4.69) is 20.2 Å². The van der Waals surface area contributed by atoms with Crippen LogP contribution in [0.3, 0.4) is 0 Å². The van der Waals surface area contributed by atoms with Crippen molar-refractivity contribution >= 4 is 34.1 Å². The van der Waals surface area contributed by atoms with Crippen molar-refractivity contribution in [2.45, 2.75) is 0 Å². The first-order valence-corrected chi connectivity index (χ1v) is 7.60. The summed E-state index contributed by atoms with van der Waals surface area (Å²) in [6.07, 6.45) is 1.34. The van der Waals surface area contributed by atoms with E-state index in [-0.39, 0.29) is 11.4 Å². The van der Waals surface area contributed by atoms with Gasteiger partial charge in [-0.15, -0.1) is 11.3 Å². The lowest BCUT2D eigenvalue weighted by atomic mass is 10.1. The van der Waals surface area contributed by atoms with Crippen LogP contribution < -0.4 is 5.32 Å². The Bertz CT molecular complexity index is 914. The van der Waals surface area contributed by atoms with Gasteiger partial charge in [-0.2, -0.15) is 0 Å². The van der Waals surface area contributed by atoms with Crippen molar-refractivity contribution in [1.82, 2.24) is 15.3 Å². The van der Waals surface area contributed by atoms with Gasteiger partial charge in [-0.1, -0.05) is 6.07 Å². The summed E-state index contributed by atoms with van der Waals surface area (Å²) >= 11 is 1.52. The van der Waals surface area contributed by atoms with E-state index in [1.54, 1.807) is 12.1 Å². The Morgan fingerprint density at radius 1 is 1.33 bits per heavy atom. The molecule has 0 unspecified atom stereocenters. The second-order valence-corrected chi connectivity index (χ2v) is 5.64. The summed E-state index contributed by atoms with van der Waals surface area (Å²) in [6.45, 7) is -0.677. The Labute approximate surface area is 138 Å². The molecule has 9 heteroatoms. The molecule has 2 N–H and O–H groups in total. The van der Waals surface area contributed by atoms with Crippen LogP contribution in [0.2, 0.25) is 0 Å². The summed E-state index contributed by atoms with van der Waals surface area (Å²) in [5, 5.41) is 14.6. The fourth-order valence-electron chi connectivity index (χ4n) is 2.08. The quantitative estimate of drug-likeness (QED) is 0.750. The van der Waals surface area contributed by atoms with Gasteiger partial charge in [0.05, 0.1) is 22.3 Å². The maximum Gasteiger partial charge on any atom is 0.367 e. The Balaban J connectivity index is 1.92. The van der Waals surface area contributed by atoms with Crippen LogP contribution in [0.1, 0.15) is 10.5 Å².